The first-order valence-corrected chi connectivity index (χ1v) is 10.2. The Morgan fingerprint density at radius 3 is 2.31 bits per heavy atom. The highest BCUT2D eigenvalue weighted by Crippen LogP contribution is 2.49. The highest BCUT2D eigenvalue weighted by atomic mass is 16.1. The number of hydrogen-bond acceptors (Lipinski definition) is 1. The van der Waals surface area contributed by atoms with E-state index in [1.54, 1.807) is 0 Å². The Balaban J connectivity index is 1.21. The Morgan fingerprint density at radius 1 is 0.793 bits per heavy atom. The van der Waals surface area contributed by atoms with Crippen molar-refractivity contribution in [1.82, 2.24) is 0 Å². The molecule has 4 aromatic rings. The number of benzene rings is 4. The highest BCUT2D eigenvalue weighted by Gasteiger charge is 2.37. The monoisotopic (exact) mass is 377 g/mol. The summed E-state index contributed by atoms with van der Waals surface area (Å²) in [4.78, 5) is 12.3. The Hall–Kier alpha value is -3.39. The number of carbonyl (C=O) groups excluding carboxylic acids is 1. The minimum atomic E-state index is -0.0704. The van der Waals surface area contributed by atoms with Crippen LogP contribution in [0.15, 0.2) is 97.1 Å². The molecule has 1 aliphatic carbocycles. The third-order valence-electron chi connectivity index (χ3n) is 5.87. The van der Waals surface area contributed by atoms with Crippen molar-refractivity contribution in [2.45, 2.75) is 18.8 Å². The molecule has 0 saturated heterocycles. The quantitative estimate of drug-likeness (QED) is 0.426. The molecule has 0 aliphatic heterocycles. The first kappa shape index (κ1) is 17.7. The molecule has 1 aliphatic rings. The van der Waals surface area contributed by atoms with Crippen LogP contribution < -0.4 is 5.32 Å². The summed E-state index contributed by atoms with van der Waals surface area (Å²) in [7, 11) is 0. The van der Waals surface area contributed by atoms with E-state index in [0.717, 1.165) is 12.1 Å². The van der Waals surface area contributed by atoms with E-state index in [1.165, 1.54) is 28.3 Å². The molecular weight excluding hydrogens is 354 g/mol. The third kappa shape index (κ3) is 3.93. The standard InChI is InChI=1S/C27H23NO/c29-27(22-7-2-1-3-8-22)28-25-14-12-21(13-15-25)26-18-24(26)17-19-10-11-20-6-4-5-9-23(20)16-19/h1-16,24,26H,17-18H2,(H,28,29). The van der Waals surface area contributed by atoms with Gasteiger partial charge in [0.1, 0.15) is 0 Å². The van der Waals surface area contributed by atoms with Gasteiger partial charge < -0.3 is 5.32 Å². The van der Waals surface area contributed by atoms with E-state index in [2.05, 4.69) is 59.9 Å². The van der Waals surface area contributed by atoms with Crippen molar-refractivity contribution in [2.75, 3.05) is 5.32 Å². The van der Waals surface area contributed by atoms with Gasteiger partial charge in [-0.2, -0.15) is 0 Å². The maximum atomic E-state index is 12.3. The van der Waals surface area contributed by atoms with E-state index in [0.29, 0.717) is 17.4 Å². The molecule has 1 saturated carbocycles. The fourth-order valence-electron chi connectivity index (χ4n) is 4.16. The maximum Gasteiger partial charge on any atom is 0.255 e. The fraction of sp³-hybridized carbons (Fsp3) is 0.148. The van der Waals surface area contributed by atoms with Gasteiger partial charge in [0.15, 0.2) is 0 Å². The van der Waals surface area contributed by atoms with Gasteiger partial charge in [0.05, 0.1) is 0 Å². The molecule has 0 aromatic heterocycles. The zero-order valence-corrected chi connectivity index (χ0v) is 16.2. The Kier molecular flexibility index (Phi) is 4.61. The van der Waals surface area contributed by atoms with Gasteiger partial charge in [0.2, 0.25) is 0 Å². The summed E-state index contributed by atoms with van der Waals surface area (Å²) in [6.45, 7) is 0. The SMILES string of the molecule is O=C(Nc1ccc(C2CC2Cc2ccc3ccccc3c2)cc1)c1ccccc1. The number of fused-ring (bicyclic) bond motifs is 1. The van der Waals surface area contributed by atoms with Gasteiger partial charge in [-0.1, -0.05) is 72.8 Å². The highest BCUT2D eigenvalue weighted by molar-refractivity contribution is 6.04. The Bertz CT molecular complexity index is 1150. The predicted octanol–water partition coefficient (Wildman–Crippen LogP) is 6.44. The molecule has 29 heavy (non-hydrogen) atoms. The third-order valence-corrected chi connectivity index (χ3v) is 5.87. The topological polar surface area (TPSA) is 29.1 Å². The van der Waals surface area contributed by atoms with Crippen LogP contribution in [0.1, 0.15) is 33.8 Å². The van der Waals surface area contributed by atoms with Crippen LogP contribution >= 0.6 is 0 Å². The number of rotatable bonds is 5. The molecule has 2 unspecified atom stereocenters. The predicted molar refractivity (Wildman–Crippen MR) is 119 cm³/mol. The van der Waals surface area contributed by atoms with Gasteiger partial charge in [-0.05, 0) is 70.8 Å². The van der Waals surface area contributed by atoms with E-state index in [-0.39, 0.29) is 5.91 Å². The normalized spacial score (nSPS) is 17.8. The van der Waals surface area contributed by atoms with Crippen LogP contribution in [-0.2, 0) is 6.42 Å². The van der Waals surface area contributed by atoms with Crippen LogP contribution in [0.5, 0.6) is 0 Å². The van der Waals surface area contributed by atoms with Crippen LogP contribution in [0.25, 0.3) is 10.8 Å². The second kappa shape index (κ2) is 7.56. The summed E-state index contributed by atoms with van der Waals surface area (Å²) in [5.41, 5.74) is 4.31. The van der Waals surface area contributed by atoms with E-state index >= 15 is 0 Å². The summed E-state index contributed by atoms with van der Waals surface area (Å²) in [5.74, 6) is 1.26. The van der Waals surface area contributed by atoms with Crippen molar-refractivity contribution >= 4 is 22.4 Å². The van der Waals surface area contributed by atoms with Crippen LogP contribution in [0, 0.1) is 5.92 Å². The number of nitrogens with one attached hydrogen (secondary N) is 1. The van der Waals surface area contributed by atoms with Crippen molar-refractivity contribution in [1.29, 1.82) is 0 Å². The molecule has 1 N–H and O–H groups in total. The first-order chi connectivity index (χ1) is 14.3. The lowest BCUT2D eigenvalue weighted by Gasteiger charge is -2.07. The van der Waals surface area contributed by atoms with Crippen molar-refractivity contribution in [3.05, 3.63) is 114 Å². The van der Waals surface area contributed by atoms with Crippen molar-refractivity contribution in [3.8, 4) is 0 Å². The van der Waals surface area contributed by atoms with Gasteiger partial charge in [0, 0.05) is 11.3 Å². The summed E-state index contributed by atoms with van der Waals surface area (Å²) in [6, 6.07) is 33.0. The first-order valence-electron chi connectivity index (χ1n) is 10.2. The lowest BCUT2D eigenvalue weighted by atomic mass is 10.0. The number of amides is 1. The summed E-state index contributed by atoms with van der Waals surface area (Å²) in [5, 5.41) is 5.60. The molecule has 142 valence electrons. The molecule has 1 amide bonds. The summed E-state index contributed by atoms with van der Waals surface area (Å²) >= 11 is 0. The summed E-state index contributed by atoms with van der Waals surface area (Å²) < 4.78 is 0. The van der Waals surface area contributed by atoms with Gasteiger partial charge in [-0.3, -0.25) is 4.79 Å². The van der Waals surface area contributed by atoms with Crippen molar-refractivity contribution < 1.29 is 4.79 Å². The maximum absolute atomic E-state index is 12.3. The van der Waals surface area contributed by atoms with Gasteiger partial charge in [-0.25, -0.2) is 0 Å². The molecule has 2 nitrogen and oxygen atoms in total. The second-order valence-corrected chi connectivity index (χ2v) is 7.93. The van der Waals surface area contributed by atoms with Gasteiger partial charge >= 0.3 is 0 Å². The van der Waals surface area contributed by atoms with Crippen LogP contribution in [0.4, 0.5) is 5.69 Å². The summed E-state index contributed by atoms with van der Waals surface area (Å²) in [6.07, 6.45) is 2.37. The smallest absolute Gasteiger partial charge is 0.255 e. The largest absolute Gasteiger partial charge is 0.322 e. The lowest BCUT2D eigenvalue weighted by Crippen LogP contribution is -2.11. The molecular formula is C27H23NO. The van der Waals surface area contributed by atoms with Crippen LogP contribution in [0.3, 0.4) is 0 Å². The van der Waals surface area contributed by atoms with E-state index in [1.807, 2.05) is 42.5 Å². The molecule has 2 heteroatoms. The minimum Gasteiger partial charge on any atom is -0.322 e. The number of hydrogen-bond donors (Lipinski definition) is 1. The molecule has 0 spiro atoms. The van der Waals surface area contributed by atoms with Crippen LogP contribution in [-0.4, -0.2) is 5.91 Å². The molecule has 0 radical (unpaired) electrons. The second-order valence-electron chi connectivity index (χ2n) is 7.93. The zero-order chi connectivity index (χ0) is 19.6. The minimum absolute atomic E-state index is 0.0704. The lowest BCUT2D eigenvalue weighted by molar-refractivity contribution is 0.102. The average molecular weight is 377 g/mol. The number of anilines is 1. The zero-order valence-electron chi connectivity index (χ0n) is 16.2. The van der Waals surface area contributed by atoms with E-state index in [9.17, 15) is 4.79 Å². The molecule has 0 bridgehead atoms. The van der Waals surface area contributed by atoms with Crippen LogP contribution in [0.2, 0.25) is 0 Å². The van der Waals surface area contributed by atoms with Gasteiger partial charge in [-0.15, -0.1) is 0 Å². The molecule has 4 aromatic carbocycles. The van der Waals surface area contributed by atoms with E-state index < -0.39 is 0 Å². The van der Waals surface area contributed by atoms with Crippen molar-refractivity contribution in [2.24, 2.45) is 5.92 Å². The number of carbonyl (C=O) groups is 1. The fourth-order valence-corrected chi connectivity index (χ4v) is 4.16. The molecule has 5 rings (SSSR count). The average Bonchev–Trinajstić information content (AvgIpc) is 3.54. The Morgan fingerprint density at radius 2 is 1.52 bits per heavy atom. The molecule has 1 fully saturated rings. The Labute approximate surface area is 171 Å². The van der Waals surface area contributed by atoms with Crippen molar-refractivity contribution in [3.63, 3.8) is 0 Å². The molecule has 0 heterocycles. The molecule has 2 atom stereocenters. The van der Waals surface area contributed by atoms with Gasteiger partial charge in [0.25, 0.3) is 5.91 Å². The van der Waals surface area contributed by atoms with E-state index in [4.69, 9.17) is 0 Å².